The normalized spacial score (nSPS) is 10.6. The molecular formula is C16H13ClN2O2. The van der Waals surface area contributed by atoms with Gasteiger partial charge < -0.3 is 9.26 Å². The van der Waals surface area contributed by atoms with Crippen LogP contribution in [0.1, 0.15) is 6.92 Å². The summed E-state index contributed by atoms with van der Waals surface area (Å²) in [5.74, 6) is 1.69. The molecule has 0 aliphatic rings. The average Bonchev–Trinajstić information content (AvgIpc) is 2.99. The second-order valence-corrected chi connectivity index (χ2v) is 4.80. The van der Waals surface area contributed by atoms with Gasteiger partial charge in [-0.3, -0.25) is 0 Å². The molecule has 0 spiro atoms. The van der Waals surface area contributed by atoms with E-state index in [0.29, 0.717) is 23.3 Å². The number of hydrogen-bond acceptors (Lipinski definition) is 4. The highest BCUT2D eigenvalue weighted by Gasteiger charge is 2.14. The number of ether oxygens (including phenoxy) is 1. The van der Waals surface area contributed by atoms with Gasteiger partial charge in [-0.05, 0) is 43.3 Å². The minimum atomic E-state index is 0.452. The van der Waals surface area contributed by atoms with E-state index < -0.39 is 0 Å². The van der Waals surface area contributed by atoms with E-state index in [1.54, 1.807) is 12.1 Å². The summed E-state index contributed by atoms with van der Waals surface area (Å²) in [4.78, 5) is 4.42. The fourth-order valence-electron chi connectivity index (χ4n) is 1.98. The summed E-state index contributed by atoms with van der Waals surface area (Å²) < 4.78 is 10.9. The first kappa shape index (κ1) is 13.6. The van der Waals surface area contributed by atoms with Gasteiger partial charge in [-0.25, -0.2) is 0 Å². The molecule has 1 aromatic heterocycles. The number of aromatic nitrogens is 2. The Bertz CT molecular complexity index is 738. The Morgan fingerprint density at radius 2 is 1.86 bits per heavy atom. The predicted molar refractivity (Wildman–Crippen MR) is 81.3 cm³/mol. The van der Waals surface area contributed by atoms with Gasteiger partial charge in [-0.15, -0.1) is 0 Å². The van der Waals surface area contributed by atoms with E-state index in [9.17, 15) is 0 Å². The third-order valence-corrected chi connectivity index (χ3v) is 3.20. The van der Waals surface area contributed by atoms with Crippen LogP contribution in [0.2, 0.25) is 5.02 Å². The van der Waals surface area contributed by atoms with Crippen molar-refractivity contribution < 1.29 is 9.26 Å². The van der Waals surface area contributed by atoms with Crippen LogP contribution in [0.4, 0.5) is 0 Å². The van der Waals surface area contributed by atoms with E-state index >= 15 is 0 Å². The summed E-state index contributed by atoms with van der Waals surface area (Å²) >= 11 is 5.87. The lowest BCUT2D eigenvalue weighted by atomic mass is 10.2. The second-order valence-electron chi connectivity index (χ2n) is 4.36. The molecule has 0 saturated carbocycles. The van der Waals surface area contributed by atoms with Crippen molar-refractivity contribution in [3.05, 3.63) is 53.6 Å². The molecule has 0 fully saturated rings. The minimum Gasteiger partial charge on any atom is -0.493 e. The predicted octanol–water partition coefficient (Wildman–Crippen LogP) is 4.46. The lowest BCUT2D eigenvalue weighted by molar-refractivity contribution is 0.341. The van der Waals surface area contributed by atoms with Crippen molar-refractivity contribution in [2.75, 3.05) is 6.61 Å². The molecule has 0 atom stereocenters. The number of halogens is 1. The number of hydrogen-bond donors (Lipinski definition) is 0. The summed E-state index contributed by atoms with van der Waals surface area (Å²) in [7, 11) is 0. The molecule has 0 saturated heterocycles. The maximum Gasteiger partial charge on any atom is 0.258 e. The van der Waals surface area contributed by atoms with Crippen molar-refractivity contribution in [2.24, 2.45) is 0 Å². The molecule has 0 N–H and O–H groups in total. The fourth-order valence-corrected chi connectivity index (χ4v) is 2.10. The van der Waals surface area contributed by atoms with E-state index in [1.165, 1.54) is 0 Å². The Hall–Kier alpha value is -2.33. The Kier molecular flexibility index (Phi) is 3.88. The van der Waals surface area contributed by atoms with Crippen LogP contribution >= 0.6 is 11.6 Å². The molecule has 0 aliphatic heterocycles. The Morgan fingerprint density at radius 1 is 1.10 bits per heavy atom. The molecule has 1 heterocycles. The smallest absolute Gasteiger partial charge is 0.258 e. The van der Waals surface area contributed by atoms with Crippen LogP contribution < -0.4 is 4.74 Å². The van der Waals surface area contributed by atoms with Crippen molar-refractivity contribution in [3.63, 3.8) is 0 Å². The summed E-state index contributed by atoms with van der Waals surface area (Å²) in [5, 5.41) is 4.70. The van der Waals surface area contributed by atoms with E-state index in [0.717, 1.165) is 16.9 Å². The number of rotatable bonds is 4. The van der Waals surface area contributed by atoms with E-state index in [1.807, 2.05) is 43.3 Å². The Morgan fingerprint density at radius 3 is 2.62 bits per heavy atom. The molecule has 3 aromatic rings. The quantitative estimate of drug-likeness (QED) is 0.714. The number of nitrogens with zero attached hydrogens (tertiary/aromatic N) is 2. The molecule has 2 aromatic carbocycles. The van der Waals surface area contributed by atoms with Crippen LogP contribution in [-0.2, 0) is 0 Å². The van der Waals surface area contributed by atoms with Crippen molar-refractivity contribution in [2.45, 2.75) is 6.92 Å². The van der Waals surface area contributed by atoms with Crippen LogP contribution in [0.25, 0.3) is 22.8 Å². The first-order valence-corrected chi connectivity index (χ1v) is 6.97. The van der Waals surface area contributed by atoms with Crippen molar-refractivity contribution >= 4 is 11.6 Å². The molecule has 0 bridgehead atoms. The van der Waals surface area contributed by atoms with Crippen molar-refractivity contribution in [3.8, 4) is 28.6 Å². The first-order chi connectivity index (χ1) is 10.3. The highest BCUT2D eigenvalue weighted by atomic mass is 35.5. The van der Waals surface area contributed by atoms with Gasteiger partial charge in [-0.2, -0.15) is 4.98 Å². The van der Waals surface area contributed by atoms with Gasteiger partial charge in [-0.1, -0.05) is 28.9 Å². The molecule has 4 nitrogen and oxygen atoms in total. The van der Waals surface area contributed by atoms with Gasteiger partial charge in [0, 0.05) is 10.6 Å². The SMILES string of the molecule is CCOc1ccccc1-c1noc(-c2ccc(Cl)cc2)n1. The second kappa shape index (κ2) is 5.97. The van der Waals surface area contributed by atoms with E-state index in [2.05, 4.69) is 10.1 Å². The standard InChI is InChI=1S/C16H13ClN2O2/c1-2-20-14-6-4-3-5-13(14)15-18-16(21-19-15)11-7-9-12(17)10-8-11/h3-10H,2H2,1H3. The molecule has 0 unspecified atom stereocenters. The zero-order valence-corrected chi connectivity index (χ0v) is 12.2. The van der Waals surface area contributed by atoms with Crippen LogP contribution in [0, 0.1) is 0 Å². The highest BCUT2D eigenvalue weighted by Crippen LogP contribution is 2.29. The summed E-state index contributed by atoms with van der Waals surface area (Å²) in [6, 6.07) is 14.9. The summed E-state index contributed by atoms with van der Waals surface area (Å²) in [6.07, 6.45) is 0. The van der Waals surface area contributed by atoms with Gasteiger partial charge in [0.1, 0.15) is 5.75 Å². The van der Waals surface area contributed by atoms with Gasteiger partial charge in [0.15, 0.2) is 0 Å². The summed E-state index contributed by atoms with van der Waals surface area (Å²) in [6.45, 7) is 2.52. The average molecular weight is 301 g/mol. The van der Waals surface area contributed by atoms with Crippen LogP contribution in [0.3, 0.4) is 0 Å². The molecule has 106 valence electrons. The Labute approximate surface area is 127 Å². The molecule has 21 heavy (non-hydrogen) atoms. The lowest BCUT2D eigenvalue weighted by Crippen LogP contribution is -1.94. The summed E-state index contributed by atoms with van der Waals surface area (Å²) in [5.41, 5.74) is 1.63. The monoisotopic (exact) mass is 300 g/mol. The van der Waals surface area contributed by atoms with Gasteiger partial charge in [0.25, 0.3) is 5.89 Å². The lowest BCUT2D eigenvalue weighted by Gasteiger charge is -2.05. The molecule has 3 rings (SSSR count). The van der Waals surface area contributed by atoms with Gasteiger partial charge in [0.05, 0.1) is 12.2 Å². The molecular weight excluding hydrogens is 288 g/mol. The third kappa shape index (κ3) is 2.90. The van der Waals surface area contributed by atoms with Gasteiger partial charge >= 0.3 is 0 Å². The highest BCUT2D eigenvalue weighted by molar-refractivity contribution is 6.30. The van der Waals surface area contributed by atoms with Crippen LogP contribution in [0.5, 0.6) is 5.75 Å². The van der Waals surface area contributed by atoms with E-state index in [4.69, 9.17) is 20.9 Å². The maximum absolute atomic E-state index is 5.87. The van der Waals surface area contributed by atoms with Crippen molar-refractivity contribution in [1.82, 2.24) is 10.1 Å². The zero-order chi connectivity index (χ0) is 14.7. The number of para-hydroxylation sites is 1. The molecule has 0 aliphatic carbocycles. The van der Waals surface area contributed by atoms with Crippen LogP contribution in [0.15, 0.2) is 53.1 Å². The first-order valence-electron chi connectivity index (χ1n) is 6.60. The topological polar surface area (TPSA) is 48.2 Å². The maximum atomic E-state index is 5.87. The largest absolute Gasteiger partial charge is 0.493 e. The van der Waals surface area contributed by atoms with Crippen LogP contribution in [-0.4, -0.2) is 16.7 Å². The molecule has 0 amide bonds. The fraction of sp³-hybridized carbons (Fsp3) is 0.125. The van der Waals surface area contributed by atoms with Crippen molar-refractivity contribution in [1.29, 1.82) is 0 Å². The third-order valence-electron chi connectivity index (χ3n) is 2.95. The molecule has 5 heteroatoms. The zero-order valence-electron chi connectivity index (χ0n) is 11.4. The Balaban J connectivity index is 1.97. The minimum absolute atomic E-state index is 0.452. The molecule has 0 radical (unpaired) electrons. The number of benzene rings is 2. The van der Waals surface area contributed by atoms with Gasteiger partial charge in [0.2, 0.25) is 5.82 Å². The van der Waals surface area contributed by atoms with E-state index in [-0.39, 0.29) is 0 Å².